The first-order valence-corrected chi connectivity index (χ1v) is 6.97. The lowest BCUT2D eigenvalue weighted by atomic mass is 10.1. The number of halogens is 4. The third-order valence-corrected chi connectivity index (χ3v) is 3.60. The molecule has 1 heterocycles. The summed E-state index contributed by atoms with van der Waals surface area (Å²) in [5, 5.41) is 10.6. The molecule has 1 aromatic rings. The van der Waals surface area contributed by atoms with Gasteiger partial charge in [0.05, 0.1) is 36.5 Å². The topological polar surface area (TPSA) is 78.9 Å². The molecule has 2 amide bonds. The van der Waals surface area contributed by atoms with Gasteiger partial charge in [-0.3, -0.25) is 14.5 Å². The van der Waals surface area contributed by atoms with E-state index in [2.05, 4.69) is 5.32 Å². The zero-order valence-corrected chi connectivity index (χ0v) is 13.0. The Bertz CT molecular complexity index is 719. The number of carbonyl (C=O) groups is 2. The third kappa shape index (κ3) is 3.46. The predicted molar refractivity (Wildman–Crippen MR) is 78.5 cm³/mol. The van der Waals surface area contributed by atoms with Gasteiger partial charge in [-0.05, 0) is 6.07 Å². The number of alkyl halides is 3. The van der Waals surface area contributed by atoms with Gasteiger partial charge in [0, 0.05) is 12.1 Å². The Morgan fingerprint density at radius 2 is 2.00 bits per heavy atom. The summed E-state index contributed by atoms with van der Waals surface area (Å²) in [6.07, 6.45) is -3.81. The van der Waals surface area contributed by atoms with E-state index in [0.717, 1.165) is 17.0 Å². The van der Waals surface area contributed by atoms with Crippen LogP contribution in [0.5, 0.6) is 5.75 Å². The van der Waals surface area contributed by atoms with Gasteiger partial charge in [0.2, 0.25) is 0 Å². The molecule has 0 saturated heterocycles. The van der Waals surface area contributed by atoms with E-state index in [4.69, 9.17) is 21.4 Å². The summed E-state index contributed by atoms with van der Waals surface area (Å²) in [6.45, 7) is -0.657. The number of rotatable bonds is 5. The van der Waals surface area contributed by atoms with Gasteiger partial charge in [-0.2, -0.15) is 13.2 Å². The van der Waals surface area contributed by atoms with Crippen molar-refractivity contribution >= 4 is 29.1 Å². The molecule has 1 aliphatic rings. The van der Waals surface area contributed by atoms with Crippen molar-refractivity contribution in [1.82, 2.24) is 4.90 Å². The van der Waals surface area contributed by atoms with Crippen LogP contribution in [0, 0.1) is 0 Å². The molecule has 1 aromatic carbocycles. The summed E-state index contributed by atoms with van der Waals surface area (Å²) >= 11 is 5.77. The summed E-state index contributed by atoms with van der Waals surface area (Å²) in [5.74, 6) is -1.59. The second kappa shape index (κ2) is 6.70. The standard InChI is InChI=1S/C14H12ClF3N2O4/c1-24-7-4-8(14(16,17)18)12(15)9(5-7)19-10-6-11(22)20(2-3-21)13(10)23/h4-6,19,21H,2-3H2,1H3. The maximum absolute atomic E-state index is 13.0. The van der Waals surface area contributed by atoms with Gasteiger partial charge in [0.25, 0.3) is 11.8 Å². The number of methoxy groups -OCH3 is 1. The van der Waals surface area contributed by atoms with Gasteiger partial charge in [-0.1, -0.05) is 11.6 Å². The van der Waals surface area contributed by atoms with E-state index >= 15 is 0 Å². The van der Waals surface area contributed by atoms with E-state index in [0.29, 0.717) is 0 Å². The molecule has 1 aliphatic heterocycles. The number of ether oxygens (including phenoxy) is 1. The van der Waals surface area contributed by atoms with Crippen molar-refractivity contribution in [3.63, 3.8) is 0 Å². The molecule has 0 aromatic heterocycles. The molecule has 0 bridgehead atoms. The molecular weight excluding hydrogens is 353 g/mol. The Kier molecular flexibility index (Phi) is 5.05. The number of nitrogens with zero attached hydrogens (tertiary/aromatic N) is 1. The SMILES string of the molecule is COc1cc(NC2=CC(=O)N(CCO)C2=O)c(Cl)c(C(F)(F)F)c1. The van der Waals surface area contributed by atoms with E-state index < -0.39 is 35.2 Å². The van der Waals surface area contributed by atoms with Crippen molar-refractivity contribution in [2.45, 2.75) is 6.18 Å². The van der Waals surface area contributed by atoms with Gasteiger partial charge in [-0.25, -0.2) is 0 Å². The molecule has 2 N–H and O–H groups in total. The Hall–Kier alpha value is -2.26. The molecule has 0 atom stereocenters. The molecule has 10 heteroatoms. The molecule has 6 nitrogen and oxygen atoms in total. The van der Waals surface area contributed by atoms with Crippen LogP contribution in [0.3, 0.4) is 0 Å². The second-order valence-corrected chi connectivity index (χ2v) is 5.11. The Morgan fingerprint density at radius 3 is 2.54 bits per heavy atom. The second-order valence-electron chi connectivity index (χ2n) is 4.74. The highest BCUT2D eigenvalue weighted by atomic mass is 35.5. The first-order valence-electron chi connectivity index (χ1n) is 6.59. The van der Waals surface area contributed by atoms with Crippen LogP contribution in [0.4, 0.5) is 18.9 Å². The monoisotopic (exact) mass is 364 g/mol. The maximum Gasteiger partial charge on any atom is 0.418 e. The number of β-amino-alcohol motifs (C(OH)–C–C–N with tert-alkyl or cyclic N) is 1. The van der Waals surface area contributed by atoms with E-state index in [1.165, 1.54) is 13.2 Å². The molecule has 0 radical (unpaired) electrons. The van der Waals surface area contributed by atoms with Crippen LogP contribution in [-0.2, 0) is 15.8 Å². The molecule has 130 valence electrons. The first-order chi connectivity index (χ1) is 11.2. The van der Waals surface area contributed by atoms with Crippen molar-refractivity contribution in [2.24, 2.45) is 0 Å². The number of aliphatic hydroxyl groups is 1. The molecule has 0 aliphatic carbocycles. The smallest absolute Gasteiger partial charge is 0.418 e. The van der Waals surface area contributed by atoms with Crippen LogP contribution in [-0.4, -0.2) is 42.1 Å². The normalized spacial score (nSPS) is 14.9. The lowest BCUT2D eigenvalue weighted by Crippen LogP contribution is -2.34. The van der Waals surface area contributed by atoms with Crippen molar-refractivity contribution in [2.75, 3.05) is 25.6 Å². The largest absolute Gasteiger partial charge is 0.497 e. The third-order valence-electron chi connectivity index (χ3n) is 3.19. The van der Waals surface area contributed by atoms with Crippen molar-refractivity contribution < 1.29 is 32.6 Å². The fourth-order valence-electron chi connectivity index (χ4n) is 2.07. The molecule has 0 fully saturated rings. The summed E-state index contributed by atoms with van der Waals surface area (Å²) in [4.78, 5) is 24.4. The number of carbonyl (C=O) groups excluding carboxylic acids is 2. The lowest BCUT2D eigenvalue weighted by Gasteiger charge is -2.17. The average Bonchev–Trinajstić information content (AvgIpc) is 2.76. The zero-order valence-electron chi connectivity index (χ0n) is 12.3. The van der Waals surface area contributed by atoms with Crippen LogP contribution < -0.4 is 10.1 Å². The highest BCUT2D eigenvalue weighted by molar-refractivity contribution is 6.34. The van der Waals surface area contributed by atoms with E-state index in [9.17, 15) is 22.8 Å². The van der Waals surface area contributed by atoms with Gasteiger partial charge < -0.3 is 15.2 Å². The molecule has 2 rings (SSSR count). The van der Waals surface area contributed by atoms with Gasteiger partial charge in [0.15, 0.2) is 0 Å². The van der Waals surface area contributed by atoms with E-state index in [1.54, 1.807) is 0 Å². The maximum atomic E-state index is 13.0. The van der Waals surface area contributed by atoms with Gasteiger partial charge >= 0.3 is 6.18 Å². The molecule has 0 saturated carbocycles. The fraction of sp³-hybridized carbons (Fsp3) is 0.286. The Labute approximate surface area is 139 Å². The quantitative estimate of drug-likeness (QED) is 0.782. The van der Waals surface area contributed by atoms with Crippen LogP contribution in [0.1, 0.15) is 5.56 Å². The van der Waals surface area contributed by atoms with Crippen LogP contribution in [0.2, 0.25) is 5.02 Å². The number of hydrogen-bond acceptors (Lipinski definition) is 5. The number of anilines is 1. The predicted octanol–water partition coefficient (Wildman–Crippen LogP) is 2.02. The molecule has 0 spiro atoms. The van der Waals surface area contributed by atoms with Crippen molar-refractivity contribution in [1.29, 1.82) is 0 Å². The summed E-state index contributed by atoms with van der Waals surface area (Å²) in [5.41, 5.74) is -1.63. The minimum atomic E-state index is -4.73. The van der Waals surface area contributed by atoms with Crippen molar-refractivity contribution in [3.8, 4) is 5.75 Å². The minimum Gasteiger partial charge on any atom is -0.497 e. The van der Waals surface area contributed by atoms with Crippen LogP contribution in [0.15, 0.2) is 23.9 Å². The van der Waals surface area contributed by atoms with Crippen LogP contribution in [0.25, 0.3) is 0 Å². The highest BCUT2D eigenvalue weighted by Gasteiger charge is 2.36. The number of imide groups is 1. The number of hydrogen-bond donors (Lipinski definition) is 2. The fourth-order valence-corrected chi connectivity index (χ4v) is 2.33. The average molecular weight is 365 g/mol. The Balaban J connectivity index is 2.39. The summed E-state index contributed by atoms with van der Waals surface area (Å²) in [6, 6.07) is 1.90. The first kappa shape index (κ1) is 18.1. The zero-order chi connectivity index (χ0) is 18.1. The number of amides is 2. The summed E-state index contributed by atoms with van der Waals surface area (Å²) in [7, 11) is 1.18. The Morgan fingerprint density at radius 1 is 1.33 bits per heavy atom. The number of benzene rings is 1. The van der Waals surface area contributed by atoms with Crippen molar-refractivity contribution in [3.05, 3.63) is 34.5 Å². The molecular formula is C14H12ClF3N2O4. The molecule has 0 unspecified atom stereocenters. The number of aliphatic hydroxyl groups excluding tert-OH is 1. The van der Waals surface area contributed by atoms with E-state index in [-0.39, 0.29) is 23.7 Å². The lowest BCUT2D eigenvalue weighted by molar-refractivity contribution is -0.138. The number of nitrogens with one attached hydrogen (secondary N) is 1. The minimum absolute atomic E-state index is 0.126. The summed E-state index contributed by atoms with van der Waals surface area (Å²) < 4.78 is 43.9. The molecule has 24 heavy (non-hydrogen) atoms. The van der Waals surface area contributed by atoms with Gasteiger partial charge in [0.1, 0.15) is 11.4 Å². The van der Waals surface area contributed by atoms with Gasteiger partial charge in [-0.15, -0.1) is 0 Å². The highest BCUT2D eigenvalue weighted by Crippen LogP contribution is 2.41. The van der Waals surface area contributed by atoms with Crippen LogP contribution >= 0.6 is 11.6 Å². The van der Waals surface area contributed by atoms with E-state index in [1.807, 2.05) is 0 Å².